The molecule has 12 aromatic rings. The Kier molecular flexibility index (Phi) is 43.3. The van der Waals surface area contributed by atoms with Crippen LogP contribution in [0.5, 0.6) is 0 Å². The average molecular weight is 1890 g/mol. The number of hydrogen-bond donors (Lipinski definition) is 2. The SMILES string of the molecule is C1CCOC1.CCCc1ccc(CCc2ccc(C)cc2CN2C(=O)C=CC2=O)cc1.CO.ClCCl.O=C1C=CC(=O)N1Cc1cc2ccc1CCc1ccc(cc1)CC2.O=C1C=CC(=O)N1Cc1cc2ccc1CCc1ccc(cc1)CC2.O=Cc1cc2ccc1CCc1ccc(cc1)CC2.OCc1cc2ccc1CCc1ccc(cc1)CC2.[B].[H-].[Na+].c1cc2ccc1CCc1ccc(cc1)CC2. The average Bonchev–Trinajstić information content (AvgIpc) is 1.74. The molecule has 6 amide bonds. The fourth-order valence-corrected chi connectivity index (χ4v) is 18.3. The first kappa shape index (κ1) is 107. The maximum atomic E-state index is 11.9. The second kappa shape index (κ2) is 55.9. The number of carbonyl (C=O) groups excluding carboxylic acids is 7. The minimum absolute atomic E-state index is 0. The Hall–Kier alpha value is -11.5. The molecule has 0 unspecified atom stereocenters. The number of nitrogens with zero attached hydrogens (tertiary/aromatic N) is 3. The molecule has 20 aliphatic carbocycles. The molecular weight excluding hydrogens is 1760 g/mol. The number of imide groups is 3. The molecule has 3 radical (unpaired) electrons. The van der Waals surface area contributed by atoms with Crippen molar-refractivity contribution in [3.63, 3.8) is 0 Å². The third kappa shape index (κ3) is 32.5. The standard InChI is InChI=1S/C23H25NO2.2C21H19NO2.C17H18O.C17H16O.C16H16.C4H8O.CH2Cl2.CH4O.B.Na.H/c1-3-4-18-6-8-19(9-7-18)10-12-20-11-5-17(2)15-21(20)16-24-22(25)13-14-23(24)26;2*23-20-11-12-21(24)22(20)14-19-13-17-6-5-15-1-3-16(4-2-15)7-9-18(19)10-8-17;2*18-12-17-11-15-6-5-13-1-3-14(4-2-13)7-9-16(17)10-8-15;1-2-14-4-3-13(1)9-10-15-5-7-16(8-6-15)12-11-14;1-2-4-5-3-1;2-1-3;1-2;;;/h5-9,11,13-15H,3-4,10,12,16H2,1-2H3;2*1-4,8,10-13H,5-7,9,14H2;1-4,8,10-11,18H,5-7,9,12H2;1-4,8,10-12H,5-7,9H2;1-8H,9-12H2;1-4H2;1H2;2H,1H3;;;/q;;;;;;;;;;+1;-1. The van der Waals surface area contributed by atoms with E-state index in [2.05, 4.69) is 268 Å². The number of rotatable bonds is 13. The molecule has 138 heavy (non-hydrogen) atoms. The van der Waals surface area contributed by atoms with Crippen molar-refractivity contribution >= 4 is 73.3 Å². The predicted octanol–water partition coefficient (Wildman–Crippen LogP) is 18.7. The number of aliphatic hydroxyl groups is 2. The van der Waals surface area contributed by atoms with Crippen molar-refractivity contribution in [1.29, 1.82) is 0 Å². The van der Waals surface area contributed by atoms with E-state index in [1.165, 1.54) is 192 Å². The van der Waals surface area contributed by atoms with Crippen molar-refractivity contribution in [3.05, 3.63) is 459 Å². The van der Waals surface area contributed by atoms with Gasteiger partial charge in [0.05, 0.1) is 31.6 Å². The van der Waals surface area contributed by atoms with Gasteiger partial charge in [0.25, 0.3) is 35.4 Å². The Labute approximate surface area is 852 Å². The van der Waals surface area contributed by atoms with Crippen LogP contribution >= 0.6 is 23.2 Å². The number of halogens is 2. The molecule has 705 valence electrons. The van der Waals surface area contributed by atoms with Gasteiger partial charge in [-0.15, -0.1) is 23.2 Å². The number of benzene rings is 12. The van der Waals surface area contributed by atoms with Crippen LogP contribution in [-0.4, -0.2) is 101 Å². The fourth-order valence-electron chi connectivity index (χ4n) is 18.3. The van der Waals surface area contributed by atoms with E-state index in [1.807, 2.05) is 6.92 Å². The van der Waals surface area contributed by atoms with Crippen molar-refractivity contribution < 1.29 is 79.5 Å². The van der Waals surface area contributed by atoms with Gasteiger partial charge in [0, 0.05) is 70.8 Å². The number of aldehydes is 1. The zero-order valence-corrected chi connectivity index (χ0v) is 84.0. The molecule has 0 spiro atoms. The minimum atomic E-state index is -0.228. The van der Waals surface area contributed by atoms with Crippen LogP contribution in [0.15, 0.2) is 297 Å². The number of amides is 6. The normalized spacial score (nSPS) is 14.8. The number of alkyl halides is 2. The van der Waals surface area contributed by atoms with Gasteiger partial charge in [-0.2, -0.15) is 0 Å². The summed E-state index contributed by atoms with van der Waals surface area (Å²) < 4.78 is 4.94. The molecule has 0 saturated carbocycles. The van der Waals surface area contributed by atoms with E-state index in [0.717, 1.165) is 214 Å². The smallest absolute Gasteiger partial charge is 1.00 e. The van der Waals surface area contributed by atoms with Gasteiger partial charge < -0.3 is 16.4 Å². The van der Waals surface area contributed by atoms with Crippen molar-refractivity contribution in [1.82, 2.24) is 14.7 Å². The number of carbonyl (C=O) groups is 7. The summed E-state index contributed by atoms with van der Waals surface area (Å²) in [6.07, 6.45) is 36.2. The van der Waals surface area contributed by atoms with Gasteiger partial charge in [-0.25, -0.2) is 0 Å². The first-order valence-corrected chi connectivity index (χ1v) is 49.4. The minimum Gasteiger partial charge on any atom is -1.00 e. The van der Waals surface area contributed by atoms with Gasteiger partial charge in [-0.3, -0.25) is 48.3 Å². The summed E-state index contributed by atoms with van der Waals surface area (Å²) >= 11 is 9.53. The summed E-state index contributed by atoms with van der Waals surface area (Å²) in [6, 6.07) is 94.9. The Balaban J connectivity index is 0.000000169. The maximum Gasteiger partial charge on any atom is 1.00 e. The van der Waals surface area contributed by atoms with Crippen molar-refractivity contribution in [2.75, 3.05) is 25.7 Å². The van der Waals surface area contributed by atoms with Crippen LogP contribution in [0.1, 0.15) is 194 Å². The maximum absolute atomic E-state index is 11.9. The van der Waals surface area contributed by atoms with E-state index in [1.54, 1.807) is 0 Å². The zero-order chi connectivity index (χ0) is 95.3. The molecule has 24 aliphatic rings. The van der Waals surface area contributed by atoms with E-state index in [9.17, 15) is 38.7 Å². The summed E-state index contributed by atoms with van der Waals surface area (Å²) in [7, 11) is 1.00. The van der Waals surface area contributed by atoms with E-state index in [-0.39, 0.29) is 86.8 Å². The van der Waals surface area contributed by atoms with Crippen LogP contribution in [0.25, 0.3) is 0 Å². The quantitative estimate of drug-likeness (QED) is 0.0488. The van der Waals surface area contributed by atoms with Gasteiger partial charge in [-0.1, -0.05) is 274 Å². The molecule has 12 aromatic carbocycles. The summed E-state index contributed by atoms with van der Waals surface area (Å²) in [5, 5.41) is 16.7. The summed E-state index contributed by atoms with van der Waals surface area (Å²) in [6.45, 7) is 7.46. The molecule has 20 bridgehead atoms. The summed E-state index contributed by atoms with van der Waals surface area (Å²) in [5.74, 6) is -1.32. The largest absolute Gasteiger partial charge is 1.00 e. The first-order valence-electron chi connectivity index (χ1n) is 48.3. The first-order chi connectivity index (χ1) is 66.4. The topological polar surface area (TPSA) is 179 Å². The molecule has 0 atom stereocenters. The second-order valence-electron chi connectivity index (χ2n) is 36.1. The van der Waals surface area contributed by atoms with Crippen LogP contribution in [0.4, 0.5) is 0 Å². The molecule has 2 N–H and O–H groups in total. The number of aliphatic hydroxyl groups excluding tert-OH is 2. The van der Waals surface area contributed by atoms with Crippen LogP contribution in [-0.2, 0) is 207 Å². The molecule has 1 fully saturated rings. The van der Waals surface area contributed by atoms with E-state index in [0.29, 0.717) is 19.6 Å². The van der Waals surface area contributed by atoms with Gasteiger partial charge >= 0.3 is 29.6 Å². The third-order valence-corrected chi connectivity index (χ3v) is 26.5. The molecule has 4 heterocycles. The molecule has 4 aliphatic heterocycles. The molecule has 36 rings (SSSR count). The molecular formula is C121H128BCl2N3NaO10. The Morgan fingerprint density at radius 1 is 0.304 bits per heavy atom. The monoisotopic (exact) mass is 1890 g/mol. The van der Waals surface area contributed by atoms with Crippen LogP contribution < -0.4 is 29.6 Å². The van der Waals surface area contributed by atoms with Crippen molar-refractivity contribution in [2.45, 2.75) is 207 Å². The van der Waals surface area contributed by atoms with E-state index < -0.39 is 0 Å². The molecule has 17 heteroatoms. The number of ether oxygens (including phenoxy) is 1. The molecule has 0 aromatic heterocycles. The third-order valence-electron chi connectivity index (χ3n) is 26.5. The van der Waals surface area contributed by atoms with E-state index >= 15 is 0 Å². The Morgan fingerprint density at radius 3 is 0.833 bits per heavy atom. The van der Waals surface area contributed by atoms with Crippen LogP contribution in [0.2, 0.25) is 0 Å². The van der Waals surface area contributed by atoms with Gasteiger partial charge in [0.2, 0.25) is 0 Å². The molecule has 1 saturated heterocycles. The van der Waals surface area contributed by atoms with Crippen LogP contribution in [0.3, 0.4) is 0 Å². The number of hydrogen-bond acceptors (Lipinski definition) is 10. The summed E-state index contributed by atoms with van der Waals surface area (Å²) in [5.41, 5.74) is 36.8. The predicted molar refractivity (Wildman–Crippen MR) is 555 cm³/mol. The zero-order valence-electron chi connectivity index (χ0n) is 81.5. The Bertz CT molecular complexity index is 5820. The van der Waals surface area contributed by atoms with Crippen molar-refractivity contribution in [2.24, 2.45) is 0 Å². The van der Waals surface area contributed by atoms with E-state index in [4.69, 9.17) is 33.0 Å². The Morgan fingerprint density at radius 2 is 0.551 bits per heavy atom. The van der Waals surface area contributed by atoms with Gasteiger partial charge in [0.15, 0.2) is 0 Å². The van der Waals surface area contributed by atoms with Gasteiger partial charge in [0.1, 0.15) is 6.29 Å². The fraction of sp³-hybridized carbons (Fsp3) is 0.298. The van der Waals surface area contributed by atoms with Crippen LogP contribution in [0, 0.1) is 6.92 Å². The summed E-state index contributed by atoms with van der Waals surface area (Å²) in [4.78, 5) is 86.3. The second-order valence-corrected chi connectivity index (χ2v) is 36.9. The number of aryl methyl sites for hydroxylation is 24. The van der Waals surface area contributed by atoms with Crippen molar-refractivity contribution in [3.8, 4) is 0 Å². The van der Waals surface area contributed by atoms with Gasteiger partial charge in [-0.05, 0) is 324 Å². The molecule has 13 nitrogen and oxygen atoms in total.